The number of nitrogens with zero attached hydrogens (tertiary/aromatic N) is 19. The lowest BCUT2D eigenvalue weighted by atomic mass is 9.96. The van der Waals surface area contributed by atoms with Crippen LogP contribution < -0.4 is 36.0 Å². The maximum absolute atomic E-state index is 14.8. The maximum atomic E-state index is 14.8. The third-order valence-corrected chi connectivity index (χ3v) is 27.3. The minimum Gasteiger partial charge on any atom is -0.491 e. The first kappa shape index (κ1) is 96.2. The van der Waals surface area contributed by atoms with Crippen molar-refractivity contribution in [2.75, 3.05) is 118 Å². The normalized spacial score (nSPS) is 16.2. The van der Waals surface area contributed by atoms with Gasteiger partial charge in [0.2, 0.25) is 33.6 Å². The number of H-pyrrole nitrogens is 1. The molecule has 3 amide bonds. The molecule has 4 atom stereocenters. The molecular formula is C94H108Cl2F2N24O10S2. The van der Waals surface area contributed by atoms with Gasteiger partial charge in [-0.05, 0) is 144 Å². The van der Waals surface area contributed by atoms with Crippen LogP contribution in [0.1, 0.15) is 148 Å². The number of morpholine rings is 1. The van der Waals surface area contributed by atoms with Crippen LogP contribution in [0.15, 0.2) is 135 Å². The number of ether oxygens (including phenoxy) is 2. The lowest BCUT2D eigenvalue weighted by Crippen LogP contribution is -2.51. The van der Waals surface area contributed by atoms with Gasteiger partial charge >= 0.3 is 0 Å². The van der Waals surface area contributed by atoms with Crippen LogP contribution >= 0.6 is 34.5 Å². The molecule has 4 aliphatic heterocycles. The molecule has 3 fully saturated rings. The van der Waals surface area contributed by atoms with E-state index in [1.807, 2.05) is 71.4 Å². The number of anilines is 4. The van der Waals surface area contributed by atoms with Crippen molar-refractivity contribution < 1.29 is 56.1 Å². The van der Waals surface area contributed by atoms with Crippen molar-refractivity contribution in [1.82, 2.24) is 94.0 Å². The highest BCUT2D eigenvalue weighted by Gasteiger charge is 2.38. The number of aryl methyl sites for hydroxylation is 2. The molecular weight excluding hydrogens is 1800 g/mol. The number of aliphatic hydroxyl groups excluding tert-OH is 2. The Morgan fingerprint density at radius 3 is 2.04 bits per heavy atom. The summed E-state index contributed by atoms with van der Waals surface area (Å²) in [6, 6.07) is 24.3. The van der Waals surface area contributed by atoms with E-state index in [4.69, 9.17) is 59.1 Å². The Morgan fingerprint density at radius 1 is 0.724 bits per heavy atom. The Morgan fingerprint density at radius 2 is 1.38 bits per heavy atom. The summed E-state index contributed by atoms with van der Waals surface area (Å²) in [5, 5.41) is 33.8. The zero-order valence-corrected chi connectivity index (χ0v) is 79.4. The Bertz CT molecular complexity index is 6550. The number of carbonyl (C=O) groups excluding carboxylic acids is 4. The SMILES string of the molecule is CC(C)NC[C@@H](C(=O)N1CCN(c2ncnc3c2[C@H](C)C[C@H]3O)CC1)c1ccc(Cl)cc1.CCCS(=O)(=O)Nc1cc(F)c(C(=O)c2c[nH]c3ncc(-c4ccc(Cl)cc4)cc23)c(F)c1.Cc1c(CN2CCN(C(=O)[C@H](C)O)CC2)sc2c(N3CCOCC3)nc(-c3cnc(N)nc3)nc12.Cc1nc(-c2cn3c(n2)-c2ccc(-c4cnn(C(C)(C)C(N)=O)c4)cc2OCC3)n(C(C)C)n1. The van der Waals surface area contributed by atoms with Gasteiger partial charge in [-0.2, -0.15) is 10.2 Å². The van der Waals surface area contributed by atoms with Gasteiger partial charge in [-0.1, -0.05) is 81.2 Å². The van der Waals surface area contributed by atoms with Crippen LogP contribution in [0.4, 0.5) is 32.1 Å². The summed E-state index contributed by atoms with van der Waals surface area (Å²) in [6.07, 6.45) is 12.9. The standard InChI is InChI=1S/C24H32ClN5O2.C24H28N8O2.C23H18ClF2N3O3S.C23H30N8O3S/c1-15(2)26-13-19(17-4-6-18(25)7-5-17)24(32)30-10-8-29(9-11-30)23-21-16(3)12-20(31)22(21)27-14-28-23;1-14(2)32-22(27-15(3)29-32)19-13-30-8-9-34-20-10-16(6-7-18(20)21(30)28-19)17-11-26-31(12-17)24(4,5)23(25)33;1-2-7-33(31,32)29-16-9-19(25)21(20(26)10-16)22(30)18-12-28-23-17(18)8-14(11-27-23)13-3-5-15(24)6-4-13;1-14-17(13-29-3-5-31(6-4-29)22(33)15(2)32)35-19-18(14)27-20(16-11-25-23(24)26-12-16)28-21(19)30-7-9-34-10-8-30/h4-7,14-16,19-20,26,31H,8-13H2,1-3H3;6-7,10-14H,8-9H2,1-5H3,(H2,25,33);3-6,8-12,29H,2,7H2,1H3,(H,27,28);11-12,15,32H,3-10,13H2,1-2H3,(H2,24,25,26)/t16-,19-,20-;;;15-/m1..0/s1. The van der Waals surface area contributed by atoms with Crippen LogP contribution in [0.5, 0.6) is 5.75 Å². The summed E-state index contributed by atoms with van der Waals surface area (Å²) in [7, 11) is -3.75. The van der Waals surface area contributed by atoms with Gasteiger partial charge in [0.1, 0.15) is 70.8 Å². The fraction of sp³-hybridized carbons (Fsp3) is 0.394. The van der Waals surface area contributed by atoms with E-state index in [1.165, 1.54) is 18.0 Å². The molecule has 4 aromatic carbocycles. The van der Waals surface area contributed by atoms with Crippen molar-refractivity contribution >= 4 is 113 Å². The number of hydrogen-bond donors (Lipinski definition) is 7. The van der Waals surface area contributed by atoms with E-state index < -0.39 is 56.7 Å². The van der Waals surface area contributed by atoms with E-state index in [2.05, 4.69) is 116 Å². The average molecular weight is 1910 g/mol. The van der Waals surface area contributed by atoms with Crippen LogP contribution in [0, 0.1) is 25.5 Å². The van der Waals surface area contributed by atoms with Gasteiger partial charge in [-0.3, -0.25) is 33.5 Å². The number of piperazine rings is 2. The number of aromatic nitrogens is 15. The van der Waals surface area contributed by atoms with E-state index in [1.54, 1.807) is 103 Å². The van der Waals surface area contributed by atoms with Gasteiger partial charge in [0, 0.05) is 170 Å². The van der Waals surface area contributed by atoms with Gasteiger partial charge < -0.3 is 65.6 Å². The summed E-state index contributed by atoms with van der Waals surface area (Å²) < 4.78 is 73.8. The largest absolute Gasteiger partial charge is 0.491 e. The third kappa shape index (κ3) is 21.5. The molecule has 9 N–H and O–H groups in total. The molecule has 3 saturated heterocycles. The first-order chi connectivity index (χ1) is 64.1. The molecule has 0 spiro atoms. The highest BCUT2D eigenvalue weighted by Crippen LogP contribution is 2.45. The van der Waals surface area contributed by atoms with Crippen molar-refractivity contribution in [3.63, 3.8) is 0 Å². The average Bonchev–Trinajstić information content (AvgIpc) is 1.60. The Hall–Kier alpha value is -12.4. The van der Waals surface area contributed by atoms with E-state index in [0.717, 1.165) is 146 Å². The molecule has 0 unspecified atom stereocenters. The summed E-state index contributed by atoms with van der Waals surface area (Å²) in [6.45, 7) is 32.0. The number of aliphatic hydroxyl groups is 2. The number of halogens is 4. The molecule has 0 saturated carbocycles. The number of pyridine rings is 1. The van der Waals surface area contributed by atoms with Crippen LogP contribution in [-0.2, 0) is 47.8 Å². The van der Waals surface area contributed by atoms with Gasteiger partial charge in [0.25, 0.3) is 5.91 Å². The summed E-state index contributed by atoms with van der Waals surface area (Å²) >= 11 is 13.7. The number of thiophene rings is 1. The fourth-order valence-corrected chi connectivity index (χ4v) is 19.3. The van der Waals surface area contributed by atoms with Crippen molar-refractivity contribution in [3.8, 4) is 62.3 Å². The molecule has 13 heterocycles. The van der Waals surface area contributed by atoms with Gasteiger partial charge in [0.05, 0.1) is 82.0 Å². The van der Waals surface area contributed by atoms with Crippen molar-refractivity contribution in [1.29, 1.82) is 0 Å². The number of nitrogens with one attached hydrogen (secondary N) is 3. The molecule has 18 rings (SSSR count). The molecule has 5 aliphatic rings. The van der Waals surface area contributed by atoms with Gasteiger partial charge in [-0.15, -0.1) is 11.3 Å². The minimum absolute atomic E-state index is 0.0328. The summed E-state index contributed by atoms with van der Waals surface area (Å²) in [4.78, 5) is 106. The number of nitrogens with two attached hydrogens (primary N) is 2. The Balaban J connectivity index is 0.000000136. The molecule has 34 nitrogen and oxygen atoms in total. The van der Waals surface area contributed by atoms with Gasteiger partial charge in [-0.25, -0.2) is 66.7 Å². The number of imidazole rings is 1. The third-order valence-electron chi connectivity index (χ3n) is 24.1. The Kier molecular flexibility index (Phi) is 29.6. The number of rotatable bonds is 23. The highest BCUT2D eigenvalue weighted by atomic mass is 35.5. The second-order valence-electron chi connectivity index (χ2n) is 34.7. The van der Waals surface area contributed by atoms with Crippen LogP contribution in [0.25, 0.3) is 77.8 Å². The number of primary amides is 1. The predicted octanol–water partition coefficient (Wildman–Crippen LogP) is 12.7. The summed E-state index contributed by atoms with van der Waals surface area (Å²) in [5.74, 6) is 1.70. The number of aromatic amines is 1. The summed E-state index contributed by atoms with van der Waals surface area (Å²) in [5.41, 5.74) is 20.2. The zero-order chi connectivity index (χ0) is 95.3. The molecule has 1 aliphatic carbocycles. The van der Waals surface area contributed by atoms with Crippen LogP contribution in [0.3, 0.4) is 0 Å². The molecule has 0 bridgehead atoms. The molecule has 704 valence electrons. The number of ketones is 1. The number of amides is 3. The molecule has 40 heteroatoms. The highest BCUT2D eigenvalue weighted by molar-refractivity contribution is 7.92. The topological polar surface area (TPSA) is 426 Å². The second-order valence-corrected chi connectivity index (χ2v) is 38.6. The smallest absolute Gasteiger partial charge is 0.251 e. The number of carbonyl (C=O) groups is 4. The number of hydrogen-bond acceptors (Lipinski definition) is 27. The van der Waals surface area contributed by atoms with Crippen molar-refractivity contribution in [3.05, 3.63) is 201 Å². The minimum atomic E-state index is -3.75. The Labute approximate surface area is 788 Å². The predicted molar refractivity (Wildman–Crippen MR) is 511 cm³/mol. The zero-order valence-electron chi connectivity index (χ0n) is 76.2. The maximum Gasteiger partial charge on any atom is 0.251 e. The number of nitrogen functional groups attached to an aromatic ring is 1. The fourth-order valence-electron chi connectivity index (χ4n) is 16.6. The first-order valence-electron chi connectivity index (χ1n) is 44.4. The lowest BCUT2D eigenvalue weighted by molar-refractivity contribution is -0.141. The van der Waals surface area contributed by atoms with Gasteiger partial charge in [0.15, 0.2) is 17.5 Å². The molecule has 13 aromatic rings. The molecule has 134 heavy (non-hydrogen) atoms. The van der Waals surface area contributed by atoms with Crippen LogP contribution in [0.2, 0.25) is 10.0 Å². The van der Waals surface area contributed by atoms with E-state index >= 15 is 0 Å². The van der Waals surface area contributed by atoms with Crippen LogP contribution in [-0.4, -0.2) is 241 Å². The lowest BCUT2D eigenvalue weighted by Gasteiger charge is -2.38. The molecule has 9 aromatic heterocycles. The molecule has 0 radical (unpaired) electrons. The number of fused-ring (bicyclic) bond motifs is 6. The van der Waals surface area contributed by atoms with E-state index in [-0.39, 0.29) is 52.6 Å². The van der Waals surface area contributed by atoms with Crippen molar-refractivity contribution in [2.24, 2.45) is 5.73 Å². The quantitative estimate of drug-likeness (QED) is 0.0292. The second kappa shape index (κ2) is 41.2. The number of benzene rings is 4. The van der Waals surface area contributed by atoms with Crippen molar-refractivity contribution in [2.45, 2.75) is 144 Å². The van der Waals surface area contributed by atoms with E-state index in [0.29, 0.717) is 124 Å². The van der Waals surface area contributed by atoms with E-state index in [9.17, 15) is 46.6 Å². The number of sulfonamides is 1. The monoisotopic (exact) mass is 1900 g/mol. The first-order valence-corrected chi connectivity index (χ1v) is 47.7.